The van der Waals surface area contributed by atoms with Gasteiger partial charge in [0.05, 0.1) is 0 Å². The van der Waals surface area contributed by atoms with Crippen molar-refractivity contribution in [2.45, 2.75) is 45.2 Å². The monoisotopic (exact) mass is 263 g/mol. The molecule has 1 saturated carbocycles. The van der Waals surface area contributed by atoms with Crippen molar-refractivity contribution in [2.24, 2.45) is 5.92 Å². The summed E-state index contributed by atoms with van der Waals surface area (Å²) in [5.74, 6) is 1.14. The van der Waals surface area contributed by atoms with Crippen molar-refractivity contribution in [3.63, 3.8) is 0 Å². The van der Waals surface area contributed by atoms with Crippen LogP contribution < -0.4 is 5.32 Å². The maximum atomic E-state index is 12.1. The first-order chi connectivity index (χ1) is 9.17. The first-order valence-corrected chi connectivity index (χ1v) is 7.18. The van der Waals surface area contributed by atoms with E-state index in [-0.39, 0.29) is 11.9 Å². The molecule has 1 unspecified atom stereocenters. The van der Waals surface area contributed by atoms with Gasteiger partial charge in [-0.2, -0.15) is 0 Å². The van der Waals surface area contributed by atoms with Gasteiger partial charge in [0.1, 0.15) is 5.76 Å². The molecular weight excluding hydrogens is 242 g/mol. The number of hydrogen-bond donors (Lipinski definition) is 1. The fraction of sp³-hybridized carbons (Fsp3) is 0.714. The molecule has 19 heavy (non-hydrogen) atoms. The number of aromatic nitrogens is 1. The van der Waals surface area contributed by atoms with Gasteiger partial charge in [0.15, 0.2) is 5.69 Å². The predicted molar refractivity (Wildman–Crippen MR) is 70.9 cm³/mol. The molecule has 1 N–H and O–H groups in total. The summed E-state index contributed by atoms with van der Waals surface area (Å²) >= 11 is 0. The van der Waals surface area contributed by atoms with Crippen LogP contribution in [-0.2, 0) is 6.42 Å². The Bertz CT molecular complexity index is 467. The average Bonchev–Trinajstić information content (AvgIpc) is 3.02. The molecule has 104 valence electrons. The molecule has 1 aliphatic carbocycles. The lowest BCUT2D eigenvalue weighted by molar-refractivity contribution is 0.0922. The first kappa shape index (κ1) is 12.7. The van der Waals surface area contributed by atoms with E-state index >= 15 is 0 Å². The first-order valence-electron chi connectivity index (χ1n) is 7.18. The SMILES string of the molecule is CCc1cc(C(=O)NC2CN(C3CC3)C[C@@H]2C)no1. The third kappa shape index (κ3) is 2.66. The Morgan fingerprint density at radius 1 is 1.53 bits per heavy atom. The van der Waals surface area contributed by atoms with Crippen molar-refractivity contribution in [3.8, 4) is 0 Å². The van der Waals surface area contributed by atoms with Crippen LogP contribution in [0.2, 0.25) is 0 Å². The summed E-state index contributed by atoms with van der Waals surface area (Å²) in [5.41, 5.74) is 0.397. The van der Waals surface area contributed by atoms with Crippen LogP contribution in [0.3, 0.4) is 0 Å². The van der Waals surface area contributed by atoms with Crippen LogP contribution in [0.1, 0.15) is 42.9 Å². The predicted octanol–water partition coefficient (Wildman–Crippen LogP) is 1.45. The van der Waals surface area contributed by atoms with Crippen molar-refractivity contribution >= 4 is 5.91 Å². The minimum atomic E-state index is -0.113. The van der Waals surface area contributed by atoms with Crippen LogP contribution in [0.15, 0.2) is 10.6 Å². The number of amides is 1. The van der Waals surface area contributed by atoms with E-state index in [1.807, 2.05) is 6.92 Å². The molecule has 0 bridgehead atoms. The standard InChI is InChI=1S/C14H21N3O2/c1-3-11-6-12(16-19-11)14(18)15-13-8-17(7-9(13)2)10-4-5-10/h6,9-10,13H,3-5,7-8H2,1-2H3,(H,15,18)/t9-,13?/m0/s1. The Morgan fingerprint density at radius 3 is 2.95 bits per heavy atom. The van der Waals surface area contributed by atoms with Crippen molar-refractivity contribution in [2.75, 3.05) is 13.1 Å². The number of nitrogens with zero attached hydrogens (tertiary/aromatic N) is 2. The number of rotatable bonds is 4. The Hall–Kier alpha value is -1.36. The molecule has 0 aromatic carbocycles. The highest BCUT2D eigenvalue weighted by Crippen LogP contribution is 2.31. The summed E-state index contributed by atoms with van der Waals surface area (Å²) in [7, 11) is 0. The summed E-state index contributed by atoms with van der Waals surface area (Å²) in [5, 5.41) is 6.91. The maximum absolute atomic E-state index is 12.1. The topological polar surface area (TPSA) is 58.4 Å². The van der Waals surface area contributed by atoms with E-state index in [1.54, 1.807) is 6.07 Å². The van der Waals surface area contributed by atoms with Crippen LogP contribution in [0.5, 0.6) is 0 Å². The van der Waals surface area contributed by atoms with E-state index in [2.05, 4.69) is 22.3 Å². The molecule has 2 heterocycles. The van der Waals surface area contributed by atoms with Gasteiger partial charge in [-0.3, -0.25) is 9.69 Å². The lowest BCUT2D eigenvalue weighted by atomic mass is 10.1. The summed E-state index contributed by atoms with van der Waals surface area (Å²) in [4.78, 5) is 14.6. The molecule has 1 aromatic heterocycles. The van der Waals surface area contributed by atoms with Crippen LogP contribution in [0.4, 0.5) is 0 Å². The molecule has 3 rings (SSSR count). The van der Waals surface area contributed by atoms with Gasteiger partial charge < -0.3 is 9.84 Å². The van der Waals surface area contributed by atoms with Crippen molar-refractivity contribution < 1.29 is 9.32 Å². The van der Waals surface area contributed by atoms with Crippen LogP contribution >= 0.6 is 0 Å². The van der Waals surface area contributed by atoms with Crippen molar-refractivity contribution in [3.05, 3.63) is 17.5 Å². The largest absolute Gasteiger partial charge is 0.361 e. The third-order valence-corrected chi connectivity index (χ3v) is 4.16. The highest BCUT2D eigenvalue weighted by molar-refractivity contribution is 5.92. The van der Waals surface area contributed by atoms with Crippen LogP contribution in [0.25, 0.3) is 0 Å². The number of aryl methyl sites for hydroxylation is 1. The fourth-order valence-corrected chi connectivity index (χ4v) is 2.76. The zero-order valence-electron chi connectivity index (χ0n) is 11.6. The highest BCUT2D eigenvalue weighted by Gasteiger charge is 2.38. The Kier molecular flexibility index (Phi) is 3.31. The van der Waals surface area contributed by atoms with Gasteiger partial charge in [0.2, 0.25) is 0 Å². The molecule has 1 aliphatic heterocycles. The van der Waals surface area contributed by atoms with Gasteiger partial charge in [0, 0.05) is 37.7 Å². The van der Waals surface area contributed by atoms with Gasteiger partial charge in [-0.15, -0.1) is 0 Å². The number of carbonyl (C=O) groups is 1. The number of hydrogen-bond acceptors (Lipinski definition) is 4. The molecule has 5 nitrogen and oxygen atoms in total. The molecule has 1 amide bonds. The van der Waals surface area contributed by atoms with E-state index in [9.17, 15) is 4.79 Å². The zero-order valence-corrected chi connectivity index (χ0v) is 11.6. The molecular formula is C14H21N3O2. The third-order valence-electron chi connectivity index (χ3n) is 4.16. The number of nitrogens with one attached hydrogen (secondary N) is 1. The quantitative estimate of drug-likeness (QED) is 0.893. The van der Waals surface area contributed by atoms with Gasteiger partial charge in [0.25, 0.3) is 5.91 Å². The second-order valence-electron chi connectivity index (χ2n) is 5.77. The minimum Gasteiger partial charge on any atom is -0.361 e. The van der Waals surface area contributed by atoms with Crippen molar-refractivity contribution in [1.29, 1.82) is 0 Å². The fourth-order valence-electron chi connectivity index (χ4n) is 2.76. The molecule has 0 radical (unpaired) electrons. The summed E-state index contributed by atoms with van der Waals surface area (Å²) in [6, 6.07) is 2.73. The zero-order chi connectivity index (χ0) is 13.4. The smallest absolute Gasteiger partial charge is 0.273 e. The summed E-state index contributed by atoms with van der Waals surface area (Å²) in [6.45, 7) is 6.24. The van der Waals surface area contributed by atoms with E-state index in [1.165, 1.54) is 12.8 Å². The van der Waals surface area contributed by atoms with Crippen LogP contribution in [-0.4, -0.2) is 41.1 Å². The second-order valence-corrected chi connectivity index (χ2v) is 5.77. The minimum absolute atomic E-state index is 0.113. The second kappa shape index (κ2) is 4.96. The molecule has 0 spiro atoms. The van der Waals surface area contributed by atoms with Crippen LogP contribution in [0, 0.1) is 5.92 Å². The van der Waals surface area contributed by atoms with Gasteiger partial charge in [-0.05, 0) is 18.8 Å². The van der Waals surface area contributed by atoms with Gasteiger partial charge in [-0.1, -0.05) is 19.0 Å². The summed E-state index contributed by atoms with van der Waals surface area (Å²) in [6.07, 6.45) is 3.39. The summed E-state index contributed by atoms with van der Waals surface area (Å²) < 4.78 is 5.07. The molecule has 2 atom stereocenters. The molecule has 2 aliphatic rings. The number of likely N-dealkylation sites (tertiary alicyclic amines) is 1. The normalized spacial score (nSPS) is 27.7. The molecule has 1 saturated heterocycles. The van der Waals surface area contributed by atoms with E-state index in [0.29, 0.717) is 11.6 Å². The molecule has 5 heteroatoms. The van der Waals surface area contributed by atoms with E-state index in [0.717, 1.165) is 31.3 Å². The van der Waals surface area contributed by atoms with Crippen molar-refractivity contribution in [1.82, 2.24) is 15.4 Å². The Balaban J connectivity index is 1.59. The van der Waals surface area contributed by atoms with E-state index in [4.69, 9.17) is 4.52 Å². The lowest BCUT2D eigenvalue weighted by Gasteiger charge is -2.16. The lowest BCUT2D eigenvalue weighted by Crippen LogP contribution is -2.40. The Morgan fingerprint density at radius 2 is 2.32 bits per heavy atom. The molecule has 1 aromatic rings. The average molecular weight is 263 g/mol. The Labute approximate surface area is 113 Å². The number of carbonyl (C=O) groups excluding carboxylic acids is 1. The van der Waals surface area contributed by atoms with Gasteiger partial charge in [-0.25, -0.2) is 0 Å². The molecule has 2 fully saturated rings. The van der Waals surface area contributed by atoms with Gasteiger partial charge >= 0.3 is 0 Å². The van der Waals surface area contributed by atoms with E-state index < -0.39 is 0 Å². The maximum Gasteiger partial charge on any atom is 0.273 e. The highest BCUT2D eigenvalue weighted by atomic mass is 16.5.